The Morgan fingerprint density at radius 3 is 2.83 bits per heavy atom. The predicted octanol–water partition coefficient (Wildman–Crippen LogP) is 3.77. The molecule has 2 rings (SSSR count). The van der Waals surface area contributed by atoms with Crippen molar-refractivity contribution in [3.63, 3.8) is 0 Å². The van der Waals surface area contributed by atoms with E-state index in [0.717, 1.165) is 41.4 Å². The van der Waals surface area contributed by atoms with Gasteiger partial charge in [-0.15, -0.1) is 35.3 Å². The van der Waals surface area contributed by atoms with Crippen molar-refractivity contribution in [1.29, 1.82) is 0 Å². The van der Waals surface area contributed by atoms with Gasteiger partial charge in [0.15, 0.2) is 11.7 Å². The van der Waals surface area contributed by atoms with E-state index in [1.165, 1.54) is 12.2 Å². The summed E-state index contributed by atoms with van der Waals surface area (Å²) in [5, 5.41) is 8.09. The van der Waals surface area contributed by atoms with Crippen molar-refractivity contribution in [3.8, 4) is 0 Å². The Bertz CT molecular complexity index is 516. The van der Waals surface area contributed by atoms with Gasteiger partial charge >= 0.3 is 6.18 Å². The summed E-state index contributed by atoms with van der Waals surface area (Å²) in [6.45, 7) is 3.16. The SMILES string of the molecule is CCNC(=NCCc1nc(C(F)(F)F)cs1)NC1CCCSC1.I. The first-order valence-electron chi connectivity index (χ1n) is 7.63. The molecule has 10 heteroatoms. The summed E-state index contributed by atoms with van der Waals surface area (Å²) < 4.78 is 37.5. The summed E-state index contributed by atoms with van der Waals surface area (Å²) in [6, 6.07) is 0.406. The maximum Gasteiger partial charge on any atom is 0.434 e. The molecular weight excluding hydrogens is 472 g/mol. The minimum Gasteiger partial charge on any atom is -0.357 e. The zero-order valence-corrected chi connectivity index (χ0v) is 17.3. The van der Waals surface area contributed by atoms with Gasteiger partial charge in [-0.1, -0.05) is 0 Å². The van der Waals surface area contributed by atoms with Crippen LogP contribution < -0.4 is 10.6 Å². The highest BCUT2D eigenvalue weighted by Gasteiger charge is 2.33. The van der Waals surface area contributed by atoms with E-state index >= 15 is 0 Å². The number of nitrogens with one attached hydrogen (secondary N) is 2. The topological polar surface area (TPSA) is 49.3 Å². The van der Waals surface area contributed by atoms with Gasteiger partial charge in [-0.3, -0.25) is 4.99 Å². The van der Waals surface area contributed by atoms with Crippen LogP contribution in [0, 0.1) is 0 Å². The van der Waals surface area contributed by atoms with E-state index in [2.05, 4.69) is 20.6 Å². The van der Waals surface area contributed by atoms with Crippen LogP contribution in [0.1, 0.15) is 30.5 Å². The number of halogens is 4. The lowest BCUT2D eigenvalue weighted by Crippen LogP contribution is -2.45. The molecule has 24 heavy (non-hydrogen) atoms. The van der Waals surface area contributed by atoms with Crippen molar-refractivity contribution in [1.82, 2.24) is 15.6 Å². The Hall–Kier alpha value is -0.230. The highest BCUT2D eigenvalue weighted by molar-refractivity contribution is 14.0. The number of thioether (sulfide) groups is 1. The molecule has 1 aromatic rings. The molecule has 2 heterocycles. The Morgan fingerprint density at radius 1 is 1.46 bits per heavy atom. The summed E-state index contributed by atoms with van der Waals surface area (Å²) in [7, 11) is 0. The average molecular weight is 494 g/mol. The largest absolute Gasteiger partial charge is 0.434 e. The standard InChI is InChI=1S/C14H21F3N4S2.HI/c1-2-18-13(20-10-4-3-7-22-8-10)19-6-5-12-21-11(9-23-12)14(15,16)17;/h9-10H,2-8H2,1H3,(H2,18,19,20);1H. The fourth-order valence-corrected chi connectivity index (χ4v) is 4.05. The van der Waals surface area contributed by atoms with Crippen molar-refractivity contribution >= 4 is 53.0 Å². The fraction of sp³-hybridized carbons (Fsp3) is 0.714. The number of hydrogen-bond acceptors (Lipinski definition) is 4. The maximum absolute atomic E-state index is 12.5. The van der Waals surface area contributed by atoms with Gasteiger partial charge in [0.1, 0.15) is 0 Å². The molecule has 4 nitrogen and oxygen atoms in total. The minimum atomic E-state index is -4.37. The molecule has 1 aliphatic heterocycles. The van der Waals surface area contributed by atoms with E-state index in [1.807, 2.05) is 18.7 Å². The number of hydrogen-bond donors (Lipinski definition) is 2. The lowest BCUT2D eigenvalue weighted by atomic mass is 10.2. The number of alkyl halides is 3. The lowest BCUT2D eigenvalue weighted by molar-refractivity contribution is -0.140. The van der Waals surface area contributed by atoms with Crippen LogP contribution in [0.5, 0.6) is 0 Å². The third-order valence-electron chi connectivity index (χ3n) is 3.28. The Morgan fingerprint density at radius 2 is 2.25 bits per heavy atom. The zero-order valence-electron chi connectivity index (χ0n) is 13.4. The van der Waals surface area contributed by atoms with Crippen LogP contribution in [-0.4, -0.2) is 41.6 Å². The Kier molecular flexibility index (Phi) is 9.72. The number of thiazole rings is 1. The highest BCUT2D eigenvalue weighted by Crippen LogP contribution is 2.30. The number of guanidine groups is 1. The van der Waals surface area contributed by atoms with Crippen molar-refractivity contribution in [2.45, 2.75) is 38.4 Å². The van der Waals surface area contributed by atoms with Gasteiger partial charge in [0, 0.05) is 36.7 Å². The first kappa shape index (κ1) is 21.8. The van der Waals surface area contributed by atoms with Gasteiger partial charge in [0.05, 0.1) is 5.01 Å². The van der Waals surface area contributed by atoms with E-state index in [9.17, 15) is 13.2 Å². The van der Waals surface area contributed by atoms with Crippen molar-refractivity contribution in [2.24, 2.45) is 4.99 Å². The fourth-order valence-electron chi connectivity index (χ4n) is 2.19. The second-order valence-corrected chi connectivity index (χ2v) is 7.29. The summed E-state index contributed by atoms with van der Waals surface area (Å²) in [4.78, 5) is 8.07. The Labute approximate surface area is 165 Å². The molecule has 0 radical (unpaired) electrons. The lowest BCUT2D eigenvalue weighted by Gasteiger charge is -2.24. The number of aliphatic imine (C=N–C) groups is 1. The normalized spacial score (nSPS) is 18.8. The van der Waals surface area contributed by atoms with Crippen LogP contribution >= 0.6 is 47.1 Å². The van der Waals surface area contributed by atoms with E-state index < -0.39 is 11.9 Å². The van der Waals surface area contributed by atoms with Gasteiger partial charge in [-0.05, 0) is 25.5 Å². The molecule has 1 fully saturated rings. The molecule has 0 aromatic carbocycles. The predicted molar refractivity (Wildman–Crippen MR) is 106 cm³/mol. The van der Waals surface area contributed by atoms with E-state index in [-0.39, 0.29) is 24.0 Å². The molecule has 1 aromatic heterocycles. The van der Waals surface area contributed by atoms with Crippen LogP contribution in [-0.2, 0) is 12.6 Å². The zero-order chi connectivity index (χ0) is 16.7. The number of nitrogens with zero attached hydrogens (tertiary/aromatic N) is 2. The van der Waals surface area contributed by atoms with E-state index in [4.69, 9.17) is 0 Å². The van der Waals surface area contributed by atoms with Crippen LogP contribution in [0.15, 0.2) is 10.4 Å². The molecule has 0 amide bonds. The molecular formula is C14H22F3IN4S2. The van der Waals surface area contributed by atoms with Crippen molar-refractivity contribution in [2.75, 3.05) is 24.6 Å². The number of rotatable bonds is 5. The van der Waals surface area contributed by atoms with Crippen LogP contribution in [0.25, 0.3) is 0 Å². The first-order chi connectivity index (χ1) is 11.0. The first-order valence-corrected chi connectivity index (χ1v) is 9.66. The highest BCUT2D eigenvalue weighted by atomic mass is 127. The van der Waals surface area contributed by atoms with Gasteiger partial charge < -0.3 is 10.6 Å². The summed E-state index contributed by atoms with van der Waals surface area (Å²) in [5.74, 6) is 3.00. The van der Waals surface area contributed by atoms with E-state index in [1.54, 1.807) is 0 Å². The summed E-state index contributed by atoms with van der Waals surface area (Å²) >= 11 is 2.96. The molecule has 138 valence electrons. The smallest absolute Gasteiger partial charge is 0.357 e. The van der Waals surface area contributed by atoms with Crippen LogP contribution in [0.4, 0.5) is 13.2 Å². The average Bonchev–Trinajstić information content (AvgIpc) is 2.97. The number of aromatic nitrogens is 1. The summed E-state index contributed by atoms with van der Waals surface area (Å²) in [5.41, 5.74) is -0.814. The second kappa shape index (κ2) is 10.7. The molecule has 1 saturated heterocycles. The van der Waals surface area contributed by atoms with Gasteiger partial charge in [0.2, 0.25) is 0 Å². The molecule has 1 unspecified atom stereocenters. The van der Waals surface area contributed by atoms with E-state index in [0.29, 0.717) is 24.0 Å². The van der Waals surface area contributed by atoms with Crippen molar-refractivity contribution in [3.05, 3.63) is 16.1 Å². The molecule has 1 atom stereocenters. The van der Waals surface area contributed by atoms with Gasteiger partial charge in [-0.25, -0.2) is 4.98 Å². The third kappa shape index (κ3) is 7.34. The Balaban J connectivity index is 0.00000288. The molecule has 0 bridgehead atoms. The molecule has 0 saturated carbocycles. The molecule has 1 aliphatic rings. The molecule has 2 N–H and O–H groups in total. The maximum atomic E-state index is 12.5. The van der Waals surface area contributed by atoms with Crippen molar-refractivity contribution < 1.29 is 13.2 Å². The van der Waals surface area contributed by atoms with Gasteiger partial charge in [-0.2, -0.15) is 24.9 Å². The van der Waals surface area contributed by atoms with Crippen LogP contribution in [0.2, 0.25) is 0 Å². The quantitative estimate of drug-likeness (QED) is 0.372. The third-order valence-corrected chi connectivity index (χ3v) is 5.41. The molecule has 0 aliphatic carbocycles. The van der Waals surface area contributed by atoms with Crippen LogP contribution in [0.3, 0.4) is 0 Å². The molecule has 0 spiro atoms. The minimum absolute atomic E-state index is 0. The second-order valence-electron chi connectivity index (χ2n) is 5.19. The van der Waals surface area contributed by atoms with Gasteiger partial charge in [0.25, 0.3) is 0 Å². The monoisotopic (exact) mass is 494 g/mol. The summed E-state index contributed by atoms with van der Waals surface area (Å²) in [6.07, 6.45) is -1.64.